The van der Waals surface area contributed by atoms with E-state index in [0.29, 0.717) is 25.3 Å². The average Bonchev–Trinajstić information content (AvgIpc) is 2.44. The van der Waals surface area contributed by atoms with Crippen LogP contribution in [0.1, 0.15) is 31.7 Å². The van der Waals surface area contributed by atoms with E-state index in [4.69, 9.17) is 11.2 Å². The number of hydrogen-bond donors (Lipinski definition) is 1. The molecule has 0 saturated carbocycles. The van der Waals surface area contributed by atoms with E-state index < -0.39 is 4.92 Å². The minimum absolute atomic E-state index is 0.0780. The van der Waals surface area contributed by atoms with Gasteiger partial charge < -0.3 is 10.1 Å². The molecule has 0 fully saturated rings. The van der Waals surface area contributed by atoms with Crippen LogP contribution in [0.5, 0.6) is 5.75 Å². The molecule has 0 aliphatic rings. The molecular formula is C15H20N2O3. The van der Waals surface area contributed by atoms with E-state index in [0.717, 1.165) is 24.9 Å². The van der Waals surface area contributed by atoms with Gasteiger partial charge in [-0.3, -0.25) is 10.1 Å². The number of nitrogens with zero attached hydrogens (tertiary/aromatic N) is 1. The Balaban J connectivity index is 2.74. The minimum Gasteiger partial charge on any atom is -0.493 e. The van der Waals surface area contributed by atoms with Gasteiger partial charge in [0.25, 0.3) is 5.69 Å². The second-order valence-corrected chi connectivity index (χ2v) is 4.38. The Labute approximate surface area is 119 Å². The predicted molar refractivity (Wildman–Crippen MR) is 78.7 cm³/mol. The van der Waals surface area contributed by atoms with Gasteiger partial charge >= 0.3 is 0 Å². The van der Waals surface area contributed by atoms with E-state index in [9.17, 15) is 10.1 Å². The van der Waals surface area contributed by atoms with E-state index in [1.54, 1.807) is 12.1 Å². The molecule has 0 aliphatic carbocycles. The Kier molecular flexibility index (Phi) is 7.15. The normalized spacial score (nSPS) is 10.0. The number of rotatable bonds is 9. The molecule has 5 heteroatoms. The highest BCUT2D eigenvalue weighted by Gasteiger charge is 2.11. The topological polar surface area (TPSA) is 64.4 Å². The highest BCUT2D eigenvalue weighted by Crippen LogP contribution is 2.24. The maximum absolute atomic E-state index is 10.8. The van der Waals surface area contributed by atoms with Crippen molar-refractivity contribution in [3.63, 3.8) is 0 Å². The fourth-order valence-corrected chi connectivity index (χ4v) is 1.71. The first-order valence-electron chi connectivity index (χ1n) is 6.73. The van der Waals surface area contributed by atoms with E-state index in [-0.39, 0.29) is 5.69 Å². The summed E-state index contributed by atoms with van der Waals surface area (Å²) in [5.74, 6) is 3.23. The van der Waals surface area contributed by atoms with Crippen LogP contribution in [0.25, 0.3) is 0 Å². The lowest BCUT2D eigenvalue weighted by molar-refractivity contribution is -0.384. The van der Waals surface area contributed by atoms with Crippen molar-refractivity contribution in [3.8, 4) is 18.1 Å². The Morgan fingerprint density at radius 1 is 1.50 bits per heavy atom. The van der Waals surface area contributed by atoms with E-state index in [2.05, 4.69) is 18.2 Å². The Morgan fingerprint density at radius 3 is 2.95 bits per heavy atom. The van der Waals surface area contributed by atoms with Gasteiger partial charge in [0.2, 0.25) is 0 Å². The van der Waals surface area contributed by atoms with E-state index >= 15 is 0 Å². The van der Waals surface area contributed by atoms with Gasteiger partial charge in [0.05, 0.1) is 11.5 Å². The highest BCUT2D eigenvalue weighted by molar-refractivity contribution is 5.43. The summed E-state index contributed by atoms with van der Waals surface area (Å²) in [5.41, 5.74) is 0.877. The number of hydrogen-bond acceptors (Lipinski definition) is 4. The van der Waals surface area contributed by atoms with Crippen LogP contribution >= 0.6 is 0 Å². The monoisotopic (exact) mass is 276 g/mol. The second-order valence-electron chi connectivity index (χ2n) is 4.38. The molecule has 108 valence electrons. The smallest absolute Gasteiger partial charge is 0.270 e. The summed E-state index contributed by atoms with van der Waals surface area (Å²) < 4.78 is 5.65. The second kappa shape index (κ2) is 8.94. The average molecular weight is 276 g/mol. The molecule has 0 bridgehead atoms. The van der Waals surface area contributed by atoms with Gasteiger partial charge in [-0.2, -0.15) is 0 Å². The van der Waals surface area contributed by atoms with Gasteiger partial charge in [-0.1, -0.05) is 6.92 Å². The molecule has 0 saturated heterocycles. The zero-order valence-corrected chi connectivity index (χ0v) is 11.7. The molecule has 20 heavy (non-hydrogen) atoms. The zero-order valence-electron chi connectivity index (χ0n) is 11.7. The van der Waals surface area contributed by atoms with Crippen molar-refractivity contribution in [2.45, 2.75) is 32.7 Å². The van der Waals surface area contributed by atoms with Crippen LogP contribution in [0.4, 0.5) is 5.69 Å². The Hall–Kier alpha value is -2.06. The molecule has 1 rings (SSSR count). The lowest BCUT2D eigenvalue weighted by Crippen LogP contribution is -2.15. The minimum atomic E-state index is -0.397. The number of nitro groups is 1. The number of non-ortho nitro benzene ring substituents is 1. The Bertz CT molecular complexity index is 480. The summed E-state index contributed by atoms with van der Waals surface area (Å²) in [5, 5.41) is 14.0. The Morgan fingerprint density at radius 2 is 2.30 bits per heavy atom. The maximum atomic E-state index is 10.8. The van der Waals surface area contributed by atoms with Gasteiger partial charge in [0.1, 0.15) is 5.75 Å². The number of unbranched alkanes of at least 4 members (excludes halogenated alkanes) is 1. The first-order valence-corrected chi connectivity index (χ1v) is 6.73. The number of terminal acetylenes is 1. The third-order valence-corrected chi connectivity index (χ3v) is 2.72. The molecule has 0 unspecified atom stereocenters. The lowest BCUT2D eigenvalue weighted by Gasteiger charge is -2.11. The summed E-state index contributed by atoms with van der Waals surface area (Å²) in [6.45, 7) is 4.00. The molecule has 0 spiro atoms. The number of nitrogens with one attached hydrogen (secondary N) is 1. The quantitative estimate of drug-likeness (QED) is 0.326. The molecule has 5 nitrogen and oxygen atoms in total. The number of benzene rings is 1. The number of ether oxygens (including phenoxy) is 1. The predicted octanol–water partition coefficient (Wildman–Crippen LogP) is 2.89. The molecule has 0 heterocycles. The zero-order chi connectivity index (χ0) is 14.8. The maximum Gasteiger partial charge on any atom is 0.270 e. The molecule has 1 aromatic carbocycles. The van der Waals surface area contributed by atoms with Gasteiger partial charge in [-0.15, -0.1) is 12.3 Å². The van der Waals surface area contributed by atoms with Crippen LogP contribution in [0, 0.1) is 22.5 Å². The van der Waals surface area contributed by atoms with Gasteiger partial charge in [0.15, 0.2) is 0 Å². The fraction of sp³-hybridized carbons (Fsp3) is 0.467. The fourth-order valence-electron chi connectivity index (χ4n) is 1.71. The summed E-state index contributed by atoms with van der Waals surface area (Å²) in [6.07, 6.45) is 7.62. The van der Waals surface area contributed by atoms with Crippen LogP contribution in [0.15, 0.2) is 18.2 Å². The SMILES string of the molecule is C#CCCCOc1ccc([N+](=O)[O-])cc1CNCCC. The van der Waals surface area contributed by atoms with Crippen molar-refractivity contribution in [3.05, 3.63) is 33.9 Å². The third kappa shape index (κ3) is 5.29. The van der Waals surface area contributed by atoms with Crippen molar-refractivity contribution in [1.29, 1.82) is 0 Å². The van der Waals surface area contributed by atoms with Crippen LogP contribution in [0.3, 0.4) is 0 Å². The van der Waals surface area contributed by atoms with E-state index in [1.807, 2.05) is 0 Å². The largest absolute Gasteiger partial charge is 0.493 e. The van der Waals surface area contributed by atoms with Crippen LogP contribution < -0.4 is 10.1 Å². The third-order valence-electron chi connectivity index (χ3n) is 2.72. The van der Waals surface area contributed by atoms with Crippen molar-refractivity contribution < 1.29 is 9.66 Å². The summed E-state index contributed by atoms with van der Waals surface area (Å²) >= 11 is 0. The van der Waals surface area contributed by atoms with Gasteiger partial charge in [0, 0.05) is 30.7 Å². The molecule has 0 radical (unpaired) electrons. The first kappa shape index (κ1) is 16.0. The summed E-state index contributed by atoms with van der Waals surface area (Å²) in [7, 11) is 0. The van der Waals surface area contributed by atoms with Crippen molar-refractivity contribution in [1.82, 2.24) is 5.32 Å². The van der Waals surface area contributed by atoms with Crippen LogP contribution in [-0.2, 0) is 6.54 Å². The molecule has 0 atom stereocenters. The molecular weight excluding hydrogens is 256 g/mol. The lowest BCUT2D eigenvalue weighted by atomic mass is 10.1. The molecule has 0 aliphatic heterocycles. The van der Waals surface area contributed by atoms with Crippen LogP contribution in [-0.4, -0.2) is 18.1 Å². The molecule has 1 N–H and O–H groups in total. The van der Waals surface area contributed by atoms with Crippen molar-refractivity contribution in [2.75, 3.05) is 13.2 Å². The standard InChI is InChI=1S/C15H20N2O3/c1-3-5-6-10-20-15-8-7-14(17(18)19)11-13(15)12-16-9-4-2/h1,7-8,11,16H,4-6,9-10,12H2,2H3. The summed E-state index contributed by atoms with van der Waals surface area (Å²) in [6, 6.07) is 4.66. The highest BCUT2D eigenvalue weighted by atomic mass is 16.6. The van der Waals surface area contributed by atoms with E-state index in [1.165, 1.54) is 6.07 Å². The van der Waals surface area contributed by atoms with Gasteiger partial charge in [-0.25, -0.2) is 0 Å². The first-order chi connectivity index (χ1) is 9.69. The van der Waals surface area contributed by atoms with Crippen LogP contribution in [0.2, 0.25) is 0 Å². The number of nitro benzene ring substituents is 1. The van der Waals surface area contributed by atoms with Crippen molar-refractivity contribution in [2.24, 2.45) is 0 Å². The molecule has 0 aromatic heterocycles. The van der Waals surface area contributed by atoms with Gasteiger partial charge in [-0.05, 0) is 25.5 Å². The molecule has 1 aromatic rings. The van der Waals surface area contributed by atoms with Crippen molar-refractivity contribution >= 4 is 5.69 Å². The molecule has 0 amide bonds. The summed E-state index contributed by atoms with van der Waals surface area (Å²) in [4.78, 5) is 10.4.